The summed E-state index contributed by atoms with van der Waals surface area (Å²) in [5.74, 6) is 0.915. The Hall–Kier alpha value is -2.22. The zero-order valence-electron chi connectivity index (χ0n) is 17.3. The van der Waals surface area contributed by atoms with E-state index in [0.29, 0.717) is 26.1 Å². The number of rotatable bonds is 7. The molecule has 0 aromatic heterocycles. The van der Waals surface area contributed by atoms with Crippen LogP contribution in [0.2, 0.25) is 0 Å². The van der Waals surface area contributed by atoms with Crippen molar-refractivity contribution in [3.8, 4) is 5.75 Å². The van der Waals surface area contributed by atoms with Gasteiger partial charge in [-0.25, -0.2) is 0 Å². The molecule has 1 saturated carbocycles. The predicted octanol–water partition coefficient (Wildman–Crippen LogP) is 3.07. The number of carbonyl (C=O) groups is 2. The molecular weight excluding hydrogens is 392 g/mol. The van der Waals surface area contributed by atoms with E-state index in [9.17, 15) is 18.4 Å². The van der Waals surface area contributed by atoms with Crippen LogP contribution < -0.4 is 4.74 Å². The first-order chi connectivity index (χ1) is 14.4. The van der Waals surface area contributed by atoms with E-state index in [-0.39, 0.29) is 23.7 Å². The molecule has 2 amide bonds. The van der Waals surface area contributed by atoms with E-state index < -0.39 is 12.7 Å². The first kappa shape index (κ1) is 21.0. The van der Waals surface area contributed by atoms with Crippen molar-refractivity contribution in [1.29, 1.82) is 0 Å². The first-order valence-corrected chi connectivity index (χ1v) is 10.8. The molecule has 30 heavy (non-hydrogen) atoms. The van der Waals surface area contributed by atoms with Crippen LogP contribution >= 0.6 is 0 Å². The topological polar surface area (TPSA) is 53.1 Å². The summed E-state index contributed by atoms with van der Waals surface area (Å²) in [6.45, 7) is 1.45. The summed E-state index contributed by atoms with van der Waals surface area (Å²) in [5, 5.41) is 0. The Kier molecular flexibility index (Phi) is 6.22. The van der Waals surface area contributed by atoms with Crippen LogP contribution in [0.3, 0.4) is 0 Å². The van der Waals surface area contributed by atoms with E-state index in [1.54, 1.807) is 17.0 Å². The molecule has 0 spiro atoms. The highest BCUT2D eigenvalue weighted by Crippen LogP contribution is 2.31. The number of nitrogens with zero attached hydrogens (tertiary/aromatic N) is 3. The fourth-order valence-corrected chi connectivity index (χ4v) is 4.72. The zero-order chi connectivity index (χ0) is 21.3. The summed E-state index contributed by atoms with van der Waals surface area (Å²) >= 11 is 0. The van der Waals surface area contributed by atoms with Crippen molar-refractivity contribution in [2.24, 2.45) is 5.92 Å². The Balaban J connectivity index is 1.45. The molecule has 0 radical (unpaired) electrons. The number of ether oxygens (including phenoxy) is 1. The minimum absolute atomic E-state index is 0.0245. The number of alkyl halides is 2. The SMILES string of the molecule is CC1C(=O)N(CCC2CCC2)CC2N(Cc3ccc(OC(F)F)cc3)CCC(=O)N12. The minimum atomic E-state index is -2.84. The quantitative estimate of drug-likeness (QED) is 0.679. The molecule has 4 rings (SSSR count). The standard InChI is InChI=1S/C22H29F2N3O3/c1-15-21(29)26(11-9-16-3-2-4-16)14-19-25(12-10-20(28)27(15)19)13-17-5-7-18(8-6-17)30-22(23)24/h5-8,15-16,19,22H,2-4,9-14H2,1H3. The summed E-state index contributed by atoms with van der Waals surface area (Å²) in [4.78, 5) is 31.3. The molecule has 1 aliphatic carbocycles. The van der Waals surface area contributed by atoms with Crippen LogP contribution in [0.15, 0.2) is 24.3 Å². The van der Waals surface area contributed by atoms with Gasteiger partial charge in [-0.2, -0.15) is 8.78 Å². The van der Waals surface area contributed by atoms with E-state index in [1.165, 1.54) is 31.4 Å². The maximum absolute atomic E-state index is 12.9. The maximum atomic E-state index is 12.9. The number of hydrogen-bond donors (Lipinski definition) is 0. The highest BCUT2D eigenvalue weighted by molar-refractivity contribution is 5.89. The largest absolute Gasteiger partial charge is 0.435 e. The lowest BCUT2D eigenvalue weighted by molar-refractivity contribution is -0.169. The van der Waals surface area contributed by atoms with Gasteiger partial charge in [0.1, 0.15) is 18.0 Å². The number of hydrogen-bond acceptors (Lipinski definition) is 4. The molecule has 2 atom stereocenters. The molecule has 2 saturated heterocycles. The van der Waals surface area contributed by atoms with Crippen LogP contribution in [0.1, 0.15) is 44.6 Å². The number of benzene rings is 1. The van der Waals surface area contributed by atoms with Crippen molar-refractivity contribution < 1.29 is 23.1 Å². The second kappa shape index (κ2) is 8.88. The van der Waals surface area contributed by atoms with Gasteiger partial charge in [-0.3, -0.25) is 14.5 Å². The van der Waals surface area contributed by atoms with E-state index >= 15 is 0 Å². The third-order valence-corrected chi connectivity index (χ3v) is 6.68. The average Bonchev–Trinajstić information content (AvgIpc) is 2.67. The highest BCUT2D eigenvalue weighted by atomic mass is 19.3. The number of halogens is 2. The van der Waals surface area contributed by atoms with Crippen LogP contribution in [0, 0.1) is 5.92 Å². The molecule has 3 aliphatic rings. The maximum Gasteiger partial charge on any atom is 0.387 e. The van der Waals surface area contributed by atoms with Gasteiger partial charge in [0.05, 0.1) is 6.54 Å². The van der Waals surface area contributed by atoms with Crippen molar-refractivity contribution in [3.63, 3.8) is 0 Å². The lowest BCUT2D eigenvalue weighted by Gasteiger charge is -2.52. The van der Waals surface area contributed by atoms with Gasteiger partial charge in [0, 0.05) is 26.1 Å². The average molecular weight is 421 g/mol. The summed E-state index contributed by atoms with van der Waals surface area (Å²) in [6.07, 6.45) is 5.05. The molecule has 0 bridgehead atoms. The normalized spacial score (nSPS) is 25.5. The summed E-state index contributed by atoms with van der Waals surface area (Å²) in [5.41, 5.74) is 0.955. The second-order valence-corrected chi connectivity index (χ2v) is 8.57. The Labute approximate surface area is 175 Å². The lowest BCUT2D eigenvalue weighted by atomic mass is 9.83. The fraction of sp³-hybridized carbons (Fsp3) is 0.636. The van der Waals surface area contributed by atoms with Gasteiger partial charge in [0.15, 0.2) is 0 Å². The van der Waals surface area contributed by atoms with Crippen LogP contribution in [-0.4, -0.2) is 65.0 Å². The van der Waals surface area contributed by atoms with Gasteiger partial charge < -0.3 is 14.5 Å². The fourth-order valence-electron chi connectivity index (χ4n) is 4.72. The van der Waals surface area contributed by atoms with E-state index in [2.05, 4.69) is 9.64 Å². The van der Waals surface area contributed by atoms with Crippen molar-refractivity contribution in [2.75, 3.05) is 19.6 Å². The Morgan fingerprint density at radius 2 is 1.90 bits per heavy atom. The number of fused-ring (bicyclic) bond motifs is 1. The molecule has 0 N–H and O–H groups in total. The minimum Gasteiger partial charge on any atom is -0.435 e. The summed E-state index contributed by atoms with van der Waals surface area (Å²) in [6, 6.07) is 6.15. The zero-order valence-corrected chi connectivity index (χ0v) is 17.3. The van der Waals surface area contributed by atoms with Crippen molar-refractivity contribution in [1.82, 2.24) is 14.7 Å². The van der Waals surface area contributed by atoms with Crippen LogP contribution in [0.5, 0.6) is 5.75 Å². The first-order valence-electron chi connectivity index (χ1n) is 10.8. The second-order valence-electron chi connectivity index (χ2n) is 8.57. The van der Waals surface area contributed by atoms with Gasteiger partial charge in [-0.15, -0.1) is 0 Å². The van der Waals surface area contributed by atoms with Crippen LogP contribution in [0.25, 0.3) is 0 Å². The molecule has 2 heterocycles. The molecule has 1 aromatic rings. The lowest BCUT2D eigenvalue weighted by Crippen LogP contribution is -2.69. The summed E-state index contributed by atoms with van der Waals surface area (Å²) in [7, 11) is 0. The molecule has 164 valence electrons. The molecule has 2 aliphatic heterocycles. The third-order valence-electron chi connectivity index (χ3n) is 6.68. The van der Waals surface area contributed by atoms with Gasteiger partial charge in [-0.05, 0) is 37.0 Å². The van der Waals surface area contributed by atoms with Crippen LogP contribution in [0.4, 0.5) is 8.78 Å². The monoisotopic (exact) mass is 421 g/mol. The molecule has 3 fully saturated rings. The Morgan fingerprint density at radius 1 is 1.17 bits per heavy atom. The highest BCUT2D eigenvalue weighted by Gasteiger charge is 2.45. The van der Waals surface area contributed by atoms with Gasteiger partial charge in [0.2, 0.25) is 11.8 Å². The third kappa shape index (κ3) is 4.43. The number of carbonyl (C=O) groups excluding carboxylic acids is 2. The van der Waals surface area contributed by atoms with Crippen molar-refractivity contribution in [3.05, 3.63) is 29.8 Å². The predicted molar refractivity (Wildman–Crippen MR) is 107 cm³/mol. The van der Waals surface area contributed by atoms with E-state index in [4.69, 9.17) is 0 Å². The van der Waals surface area contributed by atoms with Crippen LogP contribution in [-0.2, 0) is 16.1 Å². The molecule has 8 heteroatoms. The van der Waals surface area contributed by atoms with Crippen molar-refractivity contribution >= 4 is 11.8 Å². The van der Waals surface area contributed by atoms with Crippen molar-refractivity contribution in [2.45, 2.75) is 64.4 Å². The van der Waals surface area contributed by atoms with E-state index in [0.717, 1.165) is 24.4 Å². The Bertz CT molecular complexity index is 769. The molecule has 1 aromatic carbocycles. The van der Waals surface area contributed by atoms with Gasteiger partial charge in [0.25, 0.3) is 0 Å². The summed E-state index contributed by atoms with van der Waals surface area (Å²) < 4.78 is 29.1. The smallest absolute Gasteiger partial charge is 0.387 e. The van der Waals surface area contributed by atoms with Gasteiger partial charge >= 0.3 is 6.61 Å². The van der Waals surface area contributed by atoms with Gasteiger partial charge in [-0.1, -0.05) is 31.4 Å². The number of amides is 2. The Morgan fingerprint density at radius 3 is 2.53 bits per heavy atom. The molecule has 6 nitrogen and oxygen atoms in total. The molecule has 2 unspecified atom stereocenters. The molecular formula is C22H29F2N3O3. The van der Waals surface area contributed by atoms with E-state index in [1.807, 2.05) is 11.8 Å². The number of piperazine rings is 1.